The molecule has 1 N–H and O–H groups in total. The number of fused-ring (bicyclic) bond motifs is 1. The van der Waals surface area contributed by atoms with Crippen molar-refractivity contribution < 1.29 is 4.79 Å². The van der Waals surface area contributed by atoms with E-state index >= 15 is 0 Å². The lowest BCUT2D eigenvalue weighted by Gasteiger charge is -2.02. The highest BCUT2D eigenvalue weighted by atomic mass is 35.5. The van der Waals surface area contributed by atoms with E-state index in [1.54, 1.807) is 0 Å². The first-order chi connectivity index (χ1) is 11.0. The van der Waals surface area contributed by atoms with Gasteiger partial charge < -0.3 is 5.32 Å². The van der Waals surface area contributed by atoms with Crippen LogP contribution in [0.1, 0.15) is 11.1 Å². The van der Waals surface area contributed by atoms with Crippen molar-refractivity contribution >= 4 is 56.0 Å². The van der Waals surface area contributed by atoms with Gasteiger partial charge in [0.2, 0.25) is 5.91 Å². The molecule has 0 saturated carbocycles. The number of halogens is 1. The van der Waals surface area contributed by atoms with E-state index in [0.29, 0.717) is 15.9 Å². The van der Waals surface area contributed by atoms with Crippen molar-refractivity contribution in [1.82, 2.24) is 4.98 Å². The van der Waals surface area contributed by atoms with E-state index in [2.05, 4.69) is 29.4 Å². The summed E-state index contributed by atoms with van der Waals surface area (Å²) in [6.45, 7) is 4.09. The lowest BCUT2D eigenvalue weighted by molar-refractivity contribution is -0.113. The Bertz CT molecular complexity index is 820. The maximum Gasteiger partial charge on any atom is 0.236 e. The quantitative estimate of drug-likeness (QED) is 0.640. The third-order valence-electron chi connectivity index (χ3n) is 3.37. The topological polar surface area (TPSA) is 42.0 Å². The largest absolute Gasteiger partial charge is 0.301 e. The SMILES string of the molecule is Cc1ccc(C)c2sc(NC(=O)CSc3ccc(Cl)cc3)nc12. The van der Waals surface area contributed by atoms with Crippen LogP contribution in [-0.2, 0) is 4.79 Å². The summed E-state index contributed by atoms with van der Waals surface area (Å²) in [5.41, 5.74) is 3.27. The highest BCUT2D eigenvalue weighted by Gasteiger charge is 2.11. The molecule has 3 aromatic rings. The van der Waals surface area contributed by atoms with Gasteiger partial charge in [0.1, 0.15) is 0 Å². The lowest BCUT2D eigenvalue weighted by Crippen LogP contribution is -2.13. The summed E-state index contributed by atoms with van der Waals surface area (Å²) in [4.78, 5) is 17.7. The first-order valence-electron chi connectivity index (χ1n) is 7.08. The van der Waals surface area contributed by atoms with Gasteiger partial charge in [0, 0.05) is 9.92 Å². The fourth-order valence-electron chi connectivity index (χ4n) is 2.15. The number of nitrogens with one attached hydrogen (secondary N) is 1. The third-order valence-corrected chi connectivity index (χ3v) is 5.74. The number of carbonyl (C=O) groups is 1. The molecule has 3 nitrogen and oxygen atoms in total. The van der Waals surface area contributed by atoms with Gasteiger partial charge in [0.25, 0.3) is 0 Å². The number of amides is 1. The second kappa shape index (κ2) is 6.91. The number of thiazole rings is 1. The van der Waals surface area contributed by atoms with Gasteiger partial charge in [-0.25, -0.2) is 4.98 Å². The minimum absolute atomic E-state index is 0.0562. The van der Waals surface area contributed by atoms with Crippen molar-refractivity contribution in [2.24, 2.45) is 0 Å². The maximum atomic E-state index is 12.1. The molecule has 0 radical (unpaired) electrons. The summed E-state index contributed by atoms with van der Waals surface area (Å²) in [6.07, 6.45) is 0. The van der Waals surface area contributed by atoms with Gasteiger partial charge in [-0.15, -0.1) is 11.8 Å². The fourth-order valence-corrected chi connectivity index (χ4v) is 4.00. The first kappa shape index (κ1) is 16.3. The lowest BCUT2D eigenvalue weighted by atomic mass is 10.1. The van der Waals surface area contributed by atoms with Crippen LogP contribution in [0.15, 0.2) is 41.3 Å². The maximum absolute atomic E-state index is 12.1. The van der Waals surface area contributed by atoms with Crippen LogP contribution in [0.4, 0.5) is 5.13 Å². The van der Waals surface area contributed by atoms with E-state index in [4.69, 9.17) is 11.6 Å². The number of benzene rings is 2. The highest BCUT2D eigenvalue weighted by molar-refractivity contribution is 8.00. The number of hydrogen-bond donors (Lipinski definition) is 1. The molecule has 0 spiro atoms. The van der Waals surface area contributed by atoms with Gasteiger partial charge in [-0.05, 0) is 49.2 Å². The zero-order valence-corrected chi connectivity index (χ0v) is 15.1. The normalized spacial score (nSPS) is 10.9. The molecule has 0 bridgehead atoms. The van der Waals surface area contributed by atoms with Gasteiger partial charge in [0.15, 0.2) is 5.13 Å². The molecule has 3 rings (SSSR count). The highest BCUT2D eigenvalue weighted by Crippen LogP contribution is 2.31. The van der Waals surface area contributed by atoms with E-state index in [0.717, 1.165) is 20.7 Å². The first-order valence-corrected chi connectivity index (χ1v) is 9.26. The van der Waals surface area contributed by atoms with Crippen molar-refractivity contribution in [2.75, 3.05) is 11.1 Å². The van der Waals surface area contributed by atoms with Crippen molar-refractivity contribution in [3.63, 3.8) is 0 Å². The molecule has 118 valence electrons. The van der Waals surface area contributed by atoms with Gasteiger partial charge >= 0.3 is 0 Å². The third kappa shape index (κ3) is 3.86. The van der Waals surface area contributed by atoms with Gasteiger partial charge in [-0.2, -0.15) is 0 Å². The molecule has 23 heavy (non-hydrogen) atoms. The summed E-state index contributed by atoms with van der Waals surface area (Å²) >= 11 is 8.85. The molecule has 0 aliphatic carbocycles. The molecule has 1 heterocycles. The number of rotatable bonds is 4. The number of thioether (sulfide) groups is 1. The molecule has 1 amide bonds. The number of aromatic nitrogens is 1. The Morgan fingerprint density at radius 3 is 2.57 bits per heavy atom. The minimum Gasteiger partial charge on any atom is -0.301 e. The summed E-state index contributed by atoms with van der Waals surface area (Å²) in [6, 6.07) is 11.6. The minimum atomic E-state index is -0.0562. The Morgan fingerprint density at radius 1 is 1.17 bits per heavy atom. The van der Waals surface area contributed by atoms with E-state index in [1.165, 1.54) is 28.7 Å². The summed E-state index contributed by atoms with van der Waals surface area (Å²) < 4.78 is 1.13. The van der Waals surface area contributed by atoms with Gasteiger partial charge in [0.05, 0.1) is 16.0 Å². The van der Waals surface area contributed by atoms with Crippen LogP contribution in [-0.4, -0.2) is 16.6 Å². The average Bonchev–Trinajstić information content (AvgIpc) is 2.95. The number of nitrogens with zero attached hydrogens (tertiary/aromatic N) is 1. The fraction of sp³-hybridized carbons (Fsp3) is 0.176. The van der Waals surface area contributed by atoms with Crippen molar-refractivity contribution in [3.05, 3.63) is 52.5 Å². The molecule has 0 aliphatic rings. The van der Waals surface area contributed by atoms with E-state index in [1.807, 2.05) is 31.2 Å². The van der Waals surface area contributed by atoms with Crippen LogP contribution in [0, 0.1) is 13.8 Å². The summed E-state index contributed by atoms with van der Waals surface area (Å²) in [5, 5.41) is 4.23. The van der Waals surface area contributed by atoms with Crippen LogP contribution in [0.25, 0.3) is 10.2 Å². The van der Waals surface area contributed by atoms with Gasteiger partial charge in [-0.3, -0.25) is 4.79 Å². The summed E-state index contributed by atoms with van der Waals surface area (Å²) in [5.74, 6) is 0.287. The number of carbonyl (C=O) groups excluding carboxylic acids is 1. The Kier molecular flexibility index (Phi) is 4.90. The molecular formula is C17H15ClN2OS2. The van der Waals surface area contributed by atoms with Gasteiger partial charge in [-0.1, -0.05) is 35.1 Å². The average molecular weight is 363 g/mol. The Labute approximate surface area is 148 Å². The van der Waals surface area contributed by atoms with E-state index in [9.17, 15) is 4.79 Å². The van der Waals surface area contributed by atoms with Crippen molar-refractivity contribution in [2.45, 2.75) is 18.7 Å². The van der Waals surface area contributed by atoms with E-state index < -0.39 is 0 Å². The zero-order valence-electron chi connectivity index (χ0n) is 12.7. The Balaban J connectivity index is 1.67. The van der Waals surface area contributed by atoms with E-state index in [-0.39, 0.29) is 5.91 Å². The smallest absolute Gasteiger partial charge is 0.236 e. The molecule has 0 aliphatic heterocycles. The second-order valence-electron chi connectivity index (χ2n) is 5.19. The predicted molar refractivity (Wildman–Crippen MR) is 99.9 cm³/mol. The molecule has 0 unspecified atom stereocenters. The number of aryl methyl sites for hydroxylation is 2. The van der Waals surface area contributed by atoms with Crippen LogP contribution in [0.5, 0.6) is 0 Å². The predicted octanol–water partition coefficient (Wildman–Crippen LogP) is 5.30. The van der Waals surface area contributed by atoms with Crippen molar-refractivity contribution in [3.8, 4) is 0 Å². The van der Waals surface area contributed by atoms with Crippen molar-refractivity contribution in [1.29, 1.82) is 0 Å². The zero-order chi connectivity index (χ0) is 16.4. The molecule has 1 aromatic heterocycles. The van der Waals surface area contributed by atoms with Crippen LogP contribution in [0.2, 0.25) is 5.02 Å². The standard InChI is InChI=1S/C17H15ClN2OS2/c1-10-3-4-11(2)16-15(10)20-17(23-16)19-14(21)9-22-13-7-5-12(18)6-8-13/h3-8H,9H2,1-2H3,(H,19,20,21). The van der Waals surface area contributed by atoms with Crippen LogP contribution in [0.3, 0.4) is 0 Å². The molecule has 0 saturated heterocycles. The Hall–Kier alpha value is -1.56. The number of anilines is 1. The second-order valence-corrected chi connectivity index (χ2v) is 7.67. The molecule has 6 heteroatoms. The van der Waals surface area contributed by atoms with Crippen LogP contribution < -0.4 is 5.32 Å². The Morgan fingerprint density at radius 2 is 1.87 bits per heavy atom. The number of hydrogen-bond acceptors (Lipinski definition) is 4. The molecule has 0 fully saturated rings. The molecule has 0 atom stereocenters. The monoisotopic (exact) mass is 362 g/mol. The molecule has 2 aromatic carbocycles. The summed E-state index contributed by atoms with van der Waals surface area (Å²) in [7, 11) is 0. The van der Waals surface area contributed by atoms with Crippen LogP contribution >= 0.6 is 34.7 Å². The molecular weight excluding hydrogens is 348 g/mol.